The molecule has 0 aliphatic carbocycles. The van der Waals surface area contributed by atoms with Crippen molar-refractivity contribution in [2.75, 3.05) is 25.6 Å². The van der Waals surface area contributed by atoms with E-state index in [0.29, 0.717) is 22.2 Å². The summed E-state index contributed by atoms with van der Waals surface area (Å²) in [5.74, 6) is 0.424. The average Bonchev–Trinajstić information content (AvgIpc) is 3.17. The minimum atomic E-state index is -0.341. The number of methoxy groups -OCH3 is 1. The molecule has 0 saturated carbocycles. The molecule has 144 valence electrons. The molecule has 1 aliphatic heterocycles. The van der Waals surface area contributed by atoms with E-state index in [1.165, 1.54) is 6.07 Å². The Hall–Kier alpha value is -1.89. The van der Waals surface area contributed by atoms with Crippen molar-refractivity contribution in [1.82, 2.24) is 4.90 Å². The molecular formula is C20H22ClFN2O2S. The van der Waals surface area contributed by atoms with E-state index in [4.69, 9.17) is 33.3 Å². The van der Waals surface area contributed by atoms with Crippen LogP contribution in [0.15, 0.2) is 42.5 Å². The fourth-order valence-electron chi connectivity index (χ4n) is 3.00. The maximum atomic E-state index is 14.3. The van der Waals surface area contributed by atoms with Crippen molar-refractivity contribution in [3.8, 4) is 5.75 Å². The second-order valence-electron chi connectivity index (χ2n) is 6.37. The first kappa shape index (κ1) is 19.9. The third kappa shape index (κ3) is 5.31. The molecule has 1 atom stereocenters. The predicted octanol–water partition coefficient (Wildman–Crippen LogP) is 4.87. The highest BCUT2D eigenvalue weighted by Gasteiger charge is 2.23. The molecule has 0 spiro atoms. The molecule has 4 nitrogen and oxygen atoms in total. The Kier molecular flexibility index (Phi) is 6.88. The summed E-state index contributed by atoms with van der Waals surface area (Å²) >= 11 is 11.8. The Morgan fingerprint density at radius 2 is 2.11 bits per heavy atom. The van der Waals surface area contributed by atoms with Crippen LogP contribution < -0.4 is 10.1 Å². The van der Waals surface area contributed by atoms with Gasteiger partial charge in [-0.05, 0) is 61.5 Å². The maximum absolute atomic E-state index is 14.3. The van der Waals surface area contributed by atoms with Gasteiger partial charge in [0, 0.05) is 36.0 Å². The second-order valence-corrected chi connectivity index (χ2v) is 7.17. The zero-order chi connectivity index (χ0) is 19.2. The largest absolute Gasteiger partial charge is 0.497 e. The lowest BCUT2D eigenvalue weighted by Crippen LogP contribution is -2.39. The summed E-state index contributed by atoms with van der Waals surface area (Å²) in [4.78, 5) is 1.90. The normalized spacial score (nSPS) is 16.2. The molecule has 1 heterocycles. The standard InChI is InChI=1S/C20H22ClFN2O2S/c1-25-15-9-7-14(8-10-15)23-20(27)24(12-16-4-3-11-26-16)13-17-18(21)5-2-6-19(17)22/h2,5-10,16H,3-4,11-13H2,1H3,(H,23,27). The van der Waals surface area contributed by atoms with Gasteiger partial charge in [-0.15, -0.1) is 0 Å². The molecule has 1 unspecified atom stereocenters. The second kappa shape index (κ2) is 9.35. The molecule has 7 heteroatoms. The van der Waals surface area contributed by atoms with E-state index in [2.05, 4.69) is 5.32 Å². The molecule has 1 aliphatic rings. The first-order chi connectivity index (χ1) is 13.1. The van der Waals surface area contributed by atoms with E-state index in [1.807, 2.05) is 29.2 Å². The number of benzene rings is 2. The topological polar surface area (TPSA) is 33.7 Å². The fraction of sp³-hybridized carbons (Fsp3) is 0.350. The highest BCUT2D eigenvalue weighted by molar-refractivity contribution is 7.80. The Morgan fingerprint density at radius 1 is 1.33 bits per heavy atom. The van der Waals surface area contributed by atoms with Gasteiger partial charge in [-0.25, -0.2) is 4.39 Å². The van der Waals surface area contributed by atoms with Gasteiger partial charge in [0.1, 0.15) is 11.6 Å². The quantitative estimate of drug-likeness (QED) is 0.690. The highest BCUT2D eigenvalue weighted by Crippen LogP contribution is 2.23. The first-order valence-electron chi connectivity index (χ1n) is 8.81. The number of ether oxygens (including phenoxy) is 2. The van der Waals surface area contributed by atoms with Crippen molar-refractivity contribution < 1.29 is 13.9 Å². The number of nitrogens with one attached hydrogen (secondary N) is 1. The molecule has 2 aromatic carbocycles. The Labute approximate surface area is 169 Å². The number of hydrogen-bond acceptors (Lipinski definition) is 3. The zero-order valence-corrected chi connectivity index (χ0v) is 16.7. The third-order valence-electron chi connectivity index (χ3n) is 4.49. The van der Waals surface area contributed by atoms with Gasteiger partial charge in [0.05, 0.1) is 13.2 Å². The van der Waals surface area contributed by atoms with Gasteiger partial charge in [-0.1, -0.05) is 17.7 Å². The van der Waals surface area contributed by atoms with E-state index >= 15 is 0 Å². The fourth-order valence-corrected chi connectivity index (χ4v) is 3.48. The highest BCUT2D eigenvalue weighted by atomic mass is 35.5. The SMILES string of the molecule is COc1ccc(NC(=S)N(Cc2c(F)cccc2Cl)CC2CCCO2)cc1. The lowest BCUT2D eigenvalue weighted by atomic mass is 10.1. The Balaban J connectivity index is 1.76. The Bertz CT molecular complexity index is 762. The number of halogens is 2. The zero-order valence-electron chi connectivity index (χ0n) is 15.1. The lowest BCUT2D eigenvalue weighted by molar-refractivity contribution is 0.0903. The molecule has 2 aromatic rings. The maximum Gasteiger partial charge on any atom is 0.173 e. The van der Waals surface area contributed by atoms with Crippen LogP contribution in [0.4, 0.5) is 10.1 Å². The molecule has 0 bridgehead atoms. The number of anilines is 1. The summed E-state index contributed by atoms with van der Waals surface area (Å²) in [7, 11) is 1.62. The summed E-state index contributed by atoms with van der Waals surface area (Å²) in [5, 5.41) is 4.09. The average molecular weight is 409 g/mol. The Morgan fingerprint density at radius 3 is 2.74 bits per heavy atom. The molecule has 27 heavy (non-hydrogen) atoms. The van der Waals surface area contributed by atoms with Crippen LogP contribution in [0.1, 0.15) is 18.4 Å². The summed E-state index contributed by atoms with van der Waals surface area (Å²) in [6.45, 7) is 1.59. The third-order valence-corrected chi connectivity index (χ3v) is 5.20. The molecule has 0 radical (unpaired) electrons. The smallest absolute Gasteiger partial charge is 0.173 e. The van der Waals surface area contributed by atoms with Crippen molar-refractivity contribution in [1.29, 1.82) is 0 Å². The van der Waals surface area contributed by atoms with Crippen molar-refractivity contribution >= 4 is 34.6 Å². The minimum absolute atomic E-state index is 0.0752. The van der Waals surface area contributed by atoms with E-state index in [-0.39, 0.29) is 18.5 Å². The van der Waals surface area contributed by atoms with Crippen LogP contribution in [0.5, 0.6) is 5.75 Å². The molecule has 0 amide bonds. The summed E-state index contributed by atoms with van der Waals surface area (Å²) in [6.07, 6.45) is 2.07. The molecule has 1 N–H and O–H groups in total. The van der Waals surface area contributed by atoms with Crippen molar-refractivity contribution in [2.24, 2.45) is 0 Å². The van der Waals surface area contributed by atoms with Gasteiger partial charge in [0.15, 0.2) is 5.11 Å². The van der Waals surface area contributed by atoms with Crippen LogP contribution in [0.3, 0.4) is 0 Å². The molecule has 3 rings (SSSR count). The van der Waals surface area contributed by atoms with Crippen LogP contribution in [-0.4, -0.2) is 36.4 Å². The van der Waals surface area contributed by atoms with E-state index < -0.39 is 0 Å². The van der Waals surface area contributed by atoms with E-state index in [1.54, 1.807) is 19.2 Å². The number of nitrogens with zero attached hydrogens (tertiary/aromatic N) is 1. The number of thiocarbonyl (C=S) groups is 1. The summed E-state index contributed by atoms with van der Waals surface area (Å²) in [6, 6.07) is 12.2. The van der Waals surface area contributed by atoms with Crippen LogP contribution in [-0.2, 0) is 11.3 Å². The first-order valence-corrected chi connectivity index (χ1v) is 9.60. The van der Waals surface area contributed by atoms with Gasteiger partial charge in [-0.3, -0.25) is 0 Å². The van der Waals surface area contributed by atoms with Crippen LogP contribution >= 0.6 is 23.8 Å². The summed E-state index contributed by atoms with van der Waals surface area (Å²) < 4.78 is 25.2. The van der Waals surface area contributed by atoms with Gasteiger partial charge in [-0.2, -0.15) is 0 Å². The van der Waals surface area contributed by atoms with E-state index in [9.17, 15) is 4.39 Å². The van der Waals surface area contributed by atoms with Crippen LogP contribution in [0, 0.1) is 5.82 Å². The monoisotopic (exact) mass is 408 g/mol. The van der Waals surface area contributed by atoms with Gasteiger partial charge < -0.3 is 19.7 Å². The van der Waals surface area contributed by atoms with Crippen LogP contribution in [0.2, 0.25) is 5.02 Å². The molecule has 0 aromatic heterocycles. The summed E-state index contributed by atoms with van der Waals surface area (Å²) in [5.41, 5.74) is 1.26. The van der Waals surface area contributed by atoms with Gasteiger partial charge >= 0.3 is 0 Å². The molecular weight excluding hydrogens is 387 g/mol. The van der Waals surface area contributed by atoms with Gasteiger partial charge in [0.2, 0.25) is 0 Å². The molecule has 1 fully saturated rings. The van der Waals surface area contributed by atoms with Crippen molar-refractivity contribution in [2.45, 2.75) is 25.5 Å². The van der Waals surface area contributed by atoms with E-state index in [0.717, 1.165) is 30.9 Å². The predicted molar refractivity (Wildman–Crippen MR) is 110 cm³/mol. The number of rotatable bonds is 6. The minimum Gasteiger partial charge on any atom is -0.497 e. The van der Waals surface area contributed by atoms with Crippen molar-refractivity contribution in [3.63, 3.8) is 0 Å². The lowest BCUT2D eigenvalue weighted by Gasteiger charge is -2.29. The molecule has 1 saturated heterocycles. The van der Waals surface area contributed by atoms with Gasteiger partial charge in [0.25, 0.3) is 0 Å². The van der Waals surface area contributed by atoms with Crippen LogP contribution in [0.25, 0.3) is 0 Å². The number of hydrogen-bond donors (Lipinski definition) is 1. The van der Waals surface area contributed by atoms with Crippen molar-refractivity contribution in [3.05, 3.63) is 58.9 Å².